The maximum atomic E-state index is 13.4. The van der Waals surface area contributed by atoms with Crippen molar-refractivity contribution in [2.45, 2.75) is 57.8 Å². The Morgan fingerprint density at radius 3 is 2.37 bits per heavy atom. The Morgan fingerprint density at radius 2 is 1.74 bits per heavy atom. The third kappa shape index (κ3) is 4.96. The Kier molecular flexibility index (Phi) is 6.50. The van der Waals surface area contributed by atoms with Crippen LogP contribution in [0.25, 0.3) is 11.6 Å². The first-order chi connectivity index (χ1) is 16.4. The highest BCUT2D eigenvalue weighted by Crippen LogP contribution is 2.49. The molecular weight excluding hydrogens is 438 g/mol. The molecule has 2 aromatic carbocycles. The lowest BCUT2D eigenvalue weighted by Crippen LogP contribution is -2.35. The number of carboxylic acid groups (broad SMARTS) is 1. The van der Waals surface area contributed by atoms with E-state index in [1.165, 1.54) is 40.5 Å². The summed E-state index contributed by atoms with van der Waals surface area (Å²) in [6, 6.07) is 8.43. The number of carbonyl (C=O) groups is 2. The van der Waals surface area contributed by atoms with Gasteiger partial charge in [-0.1, -0.05) is 45.9 Å². The number of aromatic carboxylic acids is 1. The lowest BCUT2D eigenvalue weighted by atomic mass is 9.61. The van der Waals surface area contributed by atoms with E-state index in [2.05, 4.69) is 57.9 Å². The summed E-state index contributed by atoms with van der Waals surface area (Å²) < 4.78 is 0. The van der Waals surface area contributed by atoms with E-state index >= 15 is 0 Å². The van der Waals surface area contributed by atoms with Crippen molar-refractivity contribution >= 4 is 23.4 Å². The fourth-order valence-corrected chi connectivity index (χ4v) is 5.30. The molecule has 0 radical (unpaired) electrons. The predicted octanol–water partition coefficient (Wildman–Crippen LogP) is 6.05. The zero-order valence-electron chi connectivity index (χ0n) is 21.3. The molecule has 1 aliphatic carbocycles. The first kappa shape index (κ1) is 24.9. The van der Waals surface area contributed by atoms with Crippen LogP contribution in [-0.2, 0) is 10.8 Å². The van der Waals surface area contributed by atoms with E-state index in [1.54, 1.807) is 12.1 Å². The lowest BCUT2D eigenvalue weighted by Gasteiger charge is -2.44. The fraction of sp³-hybridized carbons (Fsp3) is 0.400. The van der Waals surface area contributed by atoms with Crippen molar-refractivity contribution in [2.24, 2.45) is 0 Å². The van der Waals surface area contributed by atoms with Crippen LogP contribution in [0.5, 0.6) is 5.75 Å². The highest BCUT2D eigenvalue weighted by atomic mass is 16.4. The molecule has 0 spiro atoms. The van der Waals surface area contributed by atoms with Crippen molar-refractivity contribution in [3.63, 3.8) is 0 Å². The molecule has 4 rings (SSSR count). The number of carboxylic acids is 1. The van der Waals surface area contributed by atoms with Crippen LogP contribution in [0.15, 0.2) is 42.5 Å². The van der Waals surface area contributed by atoms with Gasteiger partial charge in [0.1, 0.15) is 11.3 Å². The van der Waals surface area contributed by atoms with Crippen LogP contribution in [-0.4, -0.2) is 47.0 Å². The molecular formula is C30H35NO4. The minimum atomic E-state index is -1.19. The molecule has 184 valence electrons. The first-order valence-electron chi connectivity index (χ1n) is 12.2. The van der Waals surface area contributed by atoms with Gasteiger partial charge in [0.25, 0.3) is 0 Å². The molecule has 1 aliphatic heterocycles. The Morgan fingerprint density at radius 1 is 1.03 bits per heavy atom. The largest absolute Gasteiger partial charge is 0.507 e. The van der Waals surface area contributed by atoms with Gasteiger partial charge in [-0.05, 0) is 95.3 Å². The van der Waals surface area contributed by atoms with Gasteiger partial charge in [0.2, 0.25) is 0 Å². The van der Waals surface area contributed by atoms with Crippen LogP contribution < -0.4 is 0 Å². The minimum absolute atomic E-state index is 0.0237. The van der Waals surface area contributed by atoms with E-state index in [-0.39, 0.29) is 27.9 Å². The van der Waals surface area contributed by atoms with Crippen molar-refractivity contribution in [1.29, 1.82) is 0 Å². The minimum Gasteiger partial charge on any atom is -0.507 e. The summed E-state index contributed by atoms with van der Waals surface area (Å²) in [5.74, 6) is -1.62. The summed E-state index contributed by atoms with van der Waals surface area (Å²) in [6.45, 7) is 11.1. The second-order valence-corrected chi connectivity index (χ2v) is 11.2. The average molecular weight is 474 g/mol. The van der Waals surface area contributed by atoms with Gasteiger partial charge in [0, 0.05) is 18.7 Å². The SMILES string of the molecule is CN1CC=C(c2cc(C(=O)C=Cc3ccc(C(=O)O)c(O)c3)cc3c2C(C)(C)CCC3(C)C)CC1. The average Bonchev–Trinajstić information content (AvgIpc) is 2.80. The number of allylic oxidation sites excluding steroid dienone is 1. The standard InChI is InChI=1S/C30H35NO4/c1-29(2)12-13-30(3,4)27-23(20-10-14-31(5)15-11-20)17-21(18-24(27)29)25(32)9-7-19-6-8-22(28(34)35)26(33)16-19/h6-10,16-18,33H,11-15H2,1-5H3,(H,34,35). The number of aromatic hydroxyl groups is 1. The molecule has 2 aromatic rings. The molecule has 2 N–H and O–H groups in total. The molecule has 5 heteroatoms. The normalized spacial score (nSPS) is 19.3. The molecule has 1 heterocycles. The Bertz CT molecular complexity index is 1250. The molecule has 0 fully saturated rings. The van der Waals surface area contributed by atoms with Crippen LogP contribution in [0.2, 0.25) is 0 Å². The third-order valence-corrected chi connectivity index (χ3v) is 7.64. The van der Waals surface area contributed by atoms with E-state index in [9.17, 15) is 14.7 Å². The van der Waals surface area contributed by atoms with Gasteiger partial charge in [-0.15, -0.1) is 0 Å². The van der Waals surface area contributed by atoms with Gasteiger partial charge in [-0.25, -0.2) is 4.79 Å². The smallest absolute Gasteiger partial charge is 0.339 e. The van der Waals surface area contributed by atoms with Crippen molar-refractivity contribution in [3.05, 3.63) is 75.9 Å². The van der Waals surface area contributed by atoms with Crippen molar-refractivity contribution in [1.82, 2.24) is 4.90 Å². The fourth-order valence-electron chi connectivity index (χ4n) is 5.30. The highest BCUT2D eigenvalue weighted by molar-refractivity contribution is 6.07. The van der Waals surface area contributed by atoms with Gasteiger partial charge in [-0.2, -0.15) is 0 Å². The van der Waals surface area contributed by atoms with E-state index in [0.29, 0.717) is 11.1 Å². The topological polar surface area (TPSA) is 77.8 Å². The van der Waals surface area contributed by atoms with E-state index in [1.807, 2.05) is 0 Å². The Labute approximate surface area is 207 Å². The number of rotatable bonds is 5. The van der Waals surface area contributed by atoms with E-state index in [4.69, 9.17) is 5.11 Å². The number of hydrogen-bond acceptors (Lipinski definition) is 4. The van der Waals surface area contributed by atoms with Crippen LogP contribution >= 0.6 is 0 Å². The number of benzene rings is 2. The maximum absolute atomic E-state index is 13.4. The number of hydrogen-bond donors (Lipinski definition) is 2. The quantitative estimate of drug-likeness (QED) is 0.408. The molecule has 2 aliphatic rings. The summed E-state index contributed by atoms with van der Waals surface area (Å²) >= 11 is 0. The third-order valence-electron chi connectivity index (χ3n) is 7.64. The summed E-state index contributed by atoms with van der Waals surface area (Å²) in [7, 11) is 2.13. The van der Waals surface area contributed by atoms with Gasteiger partial charge in [0.05, 0.1) is 0 Å². The van der Waals surface area contributed by atoms with Gasteiger partial charge < -0.3 is 15.1 Å². The molecule has 0 aromatic heterocycles. The number of nitrogens with zero attached hydrogens (tertiary/aromatic N) is 1. The molecule has 0 atom stereocenters. The first-order valence-corrected chi connectivity index (χ1v) is 12.2. The van der Waals surface area contributed by atoms with Crippen LogP contribution in [0.1, 0.15) is 89.9 Å². The monoisotopic (exact) mass is 473 g/mol. The molecule has 0 unspecified atom stereocenters. The number of ketones is 1. The Balaban J connectivity index is 1.78. The van der Waals surface area contributed by atoms with Gasteiger partial charge in [-0.3, -0.25) is 4.79 Å². The van der Waals surface area contributed by atoms with Crippen LogP contribution in [0, 0.1) is 0 Å². The zero-order chi connectivity index (χ0) is 25.5. The number of phenols is 1. The van der Waals surface area contributed by atoms with E-state index in [0.717, 1.165) is 32.4 Å². The summed E-state index contributed by atoms with van der Waals surface area (Å²) in [6.07, 6.45) is 8.56. The summed E-state index contributed by atoms with van der Waals surface area (Å²) in [5, 5.41) is 19.1. The van der Waals surface area contributed by atoms with E-state index < -0.39 is 5.97 Å². The number of fused-ring (bicyclic) bond motifs is 1. The molecule has 0 saturated heterocycles. The van der Waals surface area contributed by atoms with Crippen molar-refractivity contribution in [3.8, 4) is 5.75 Å². The zero-order valence-corrected chi connectivity index (χ0v) is 21.3. The van der Waals surface area contributed by atoms with Gasteiger partial charge >= 0.3 is 5.97 Å². The Hall–Kier alpha value is -3.18. The second-order valence-electron chi connectivity index (χ2n) is 11.2. The van der Waals surface area contributed by atoms with Crippen LogP contribution in [0.4, 0.5) is 0 Å². The summed E-state index contributed by atoms with van der Waals surface area (Å²) in [5.41, 5.74) is 6.22. The highest BCUT2D eigenvalue weighted by Gasteiger charge is 2.39. The molecule has 0 saturated carbocycles. The molecule has 0 bridgehead atoms. The molecule has 5 nitrogen and oxygen atoms in total. The second kappa shape index (κ2) is 9.12. The molecule has 0 amide bonds. The lowest BCUT2D eigenvalue weighted by molar-refractivity contribution is 0.0693. The maximum Gasteiger partial charge on any atom is 0.339 e. The van der Waals surface area contributed by atoms with Crippen LogP contribution in [0.3, 0.4) is 0 Å². The predicted molar refractivity (Wildman–Crippen MR) is 140 cm³/mol. The molecule has 35 heavy (non-hydrogen) atoms. The van der Waals surface area contributed by atoms with Crippen molar-refractivity contribution in [2.75, 3.05) is 20.1 Å². The number of carbonyl (C=O) groups excluding carboxylic acids is 1. The van der Waals surface area contributed by atoms with Crippen molar-refractivity contribution < 1.29 is 19.8 Å². The number of likely N-dealkylation sites (N-methyl/N-ethyl adjacent to an activating group) is 1. The summed E-state index contributed by atoms with van der Waals surface area (Å²) in [4.78, 5) is 26.8. The van der Waals surface area contributed by atoms with Gasteiger partial charge in [0.15, 0.2) is 5.78 Å².